The Balaban J connectivity index is 2.78. The number of benzene rings is 1. The Hall–Kier alpha value is -0.940. The van der Waals surface area contributed by atoms with Crippen molar-refractivity contribution in [1.82, 2.24) is 4.57 Å². The van der Waals surface area contributed by atoms with Gasteiger partial charge in [-0.2, -0.15) is 0 Å². The second-order valence-electron chi connectivity index (χ2n) is 4.11. The molecule has 1 aromatic carbocycles. The minimum Gasteiger partial charge on any atom is -0.494 e. The van der Waals surface area contributed by atoms with Crippen LogP contribution in [-0.2, 0) is 0 Å². The molecule has 0 aliphatic rings. The third-order valence-corrected chi connectivity index (χ3v) is 4.03. The highest BCUT2D eigenvalue weighted by molar-refractivity contribution is 9.11. The molecule has 1 aromatic heterocycles. The van der Waals surface area contributed by atoms with E-state index in [0.717, 1.165) is 31.6 Å². The van der Waals surface area contributed by atoms with Gasteiger partial charge in [-0.1, -0.05) is 15.9 Å². The first kappa shape index (κ1) is 13.5. The van der Waals surface area contributed by atoms with E-state index in [1.165, 1.54) is 0 Å². The molecule has 0 unspecified atom stereocenters. The van der Waals surface area contributed by atoms with Crippen LogP contribution in [0.25, 0.3) is 5.69 Å². The summed E-state index contributed by atoms with van der Waals surface area (Å²) in [6.07, 6.45) is 0. The van der Waals surface area contributed by atoms with Gasteiger partial charge < -0.3 is 10.5 Å². The average molecular weight is 374 g/mol. The van der Waals surface area contributed by atoms with Crippen LogP contribution in [0.15, 0.2) is 27.1 Å². The van der Waals surface area contributed by atoms with E-state index in [2.05, 4.69) is 31.9 Å². The van der Waals surface area contributed by atoms with Crippen LogP contribution in [0.4, 0.5) is 5.82 Å². The van der Waals surface area contributed by atoms with E-state index >= 15 is 0 Å². The number of rotatable bonds is 2. The number of hydrogen-bond donors (Lipinski definition) is 1. The molecule has 0 amide bonds. The summed E-state index contributed by atoms with van der Waals surface area (Å²) >= 11 is 7.02. The number of nitrogen functional groups attached to an aromatic ring is 1. The Labute approximate surface area is 123 Å². The summed E-state index contributed by atoms with van der Waals surface area (Å²) in [5, 5.41) is 0. The van der Waals surface area contributed by atoms with Crippen LogP contribution in [0.2, 0.25) is 0 Å². The van der Waals surface area contributed by atoms with E-state index in [9.17, 15) is 0 Å². The monoisotopic (exact) mass is 372 g/mol. The first-order valence-corrected chi connectivity index (χ1v) is 7.02. The molecular formula is C13H14Br2N2O. The highest BCUT2D eigenvalue weighted by Crippen LogP contribution is 2.37. The van der Waals surface area contributed by atoms with Gasteiger partial charge in [-0.15, -0.1) is 0 Å². The van der Waals surface area contributed by atoms with Gasteiger partial charge in [0, 0.05) is 14.6 Å². The van der Waals surface area contributed by atoms with E-state index in [0.29, 0.717) is 5.82 Å². The van der Waals surface area contributed by atoms with Crippen molar-refractivity contribution in [3.8, 4) is 11.4 Å². The zero-order valence-electron chi connectivity index (χ0n) is 10.4. The SMILES string of the molecule is COc1cc(Br)cc(Br)c1-n1c(N)cc(C)c1C. The number of ether oxygens (including phenoxy) is 1. The van der Waals surface area contributed by atoms with E-state index in [1.54, 1.807) is 7.11 Å². The number of nitrogens with two attached hydrogens (primary N) is 1. The van der Waals surface area contributed by atoms with Crippen LogP contribution < -0.4 is 10.5 Å². The molecule has 0 aliphatic carbocycles. The van der Waals surface area contributed by atoms with E-state index in [1.807, 2.05) is 36.6 Å². The Morgan fingerprint density at radius 2 is 1.83 bits per heavy atom. The molecular weight excluding hydrogens is 360 g/mol. The van der Waals surface area contributed by atoms with Crippen LogP contribution in [-0.4, -0.2) is 11.7 Å². The number of aryl methyl sites for hydroxylation is 1. The fraction of sp³-hybridized carbons (Fsp3) is 0.231. The summed E-state index contributed by atoms with van der Waals surface area (Å²) in [5.74, 6) is 1.47. The average Bonchev–Trinajstić information content (AvgIpc) is 2.54. The fourth-order valence-electron chi connectivity index (χ4n) is 1.97. The van der Waals surface area contributed by atoms with E-state index < -0.39 is 0 Å². The van der Waals surface area contributed by atoms with Crippen molar-refractivity contribution in [3.63, 3.8) is 0 Å². The Kier molecular flexibility index (Phi) is 3.73. The molecule has 2 aromatic rings. The molecule has 0 bridgehead atoms. The van der Waals surface area contributed by atoms with Gasteiger partial charge >= 0.3 is 0 Å². The fourth-order valence-corrected chi connectivity index (χ4v) is 3.34. The molecule has 18 heavy (non-hydrogen) atoms. The van der Waals surface area contributed by atoms with Gasteiger partial charge in [0.2, 0.25) is 0 Å². The lowest BCUT2D eigenvalue weighted by Crippen LogP contribution is -2.05. The van der Waals surface area contributed by atoms with Crippen molar-refractivity contribution in [2.75, 3.05) is 12.8 Å². The Bertz CT molecular complexity index is 606. The predicted octanol–water partition coefficient (Wildman–Crippen LogP) is 4.21. The van der Waals surface area contributed by atoms with Crippen LogP contribution in [0.3, 0.4) is 0 Å². The third-order valence-electron chi connectivity index (χ3n) is 2.97. The molecule has 2 N–H and O–H groups in total. The summed E-state index contributed by atoms with van der Waals surface area (Å²) in [5.41, 5.74) is 9.26. The van der Waals surface area contributed by atoms with Gasteiger partial charge in [0.05, 0.1) is 7.11 Å². The van der Waals surface area contributed by atoms with Crippen molar-refractivity contribution in [2.24, 2.45) is 0 Å². The molecule has 0 spiro atoms. The maximum Gasteiger partial charge on any atom is 0.145 e. The predicted molar refractivity (Wildman–Crippen MR) is 81.6 cm³/mol. The number of aromatic nitrogens is 1. The van der Waals surface area contributed by atoms with Crippen molar-refractivity contribution >= 4 is 37.7 Å². The summed E-state index contributed by atoms with van der Waals surface area (Å²) in [6.45, 7) is 4.08. The molecule has 5 heteroatoms. The maximum absolute atomic E-state index is 6.08. The molecule has 2 rings (SSSR count). The molecule has 0 saturated carbocycles. The zero-order valence-corrected chi connectivity index (χ0v) is 13.6. The smallest absolute Gasteiger partial charge is 0.145 e. The highest BCUT2D eigenvalue weighted by atomic mass is 79.9. The summed E-state index contributed by atoms with van der Waals surface area (Å²) in [7, 11) is 1.65. The van der Waals surface area contributed by atoms with Crippen molar-refractivity contribution in [1.29, 1.82) is 0 Å². The standard InChI is InChI=1S/C13H14Br2N2O/c1-7-4-12(16)17(8(7)2)13-10(15)5-9(14)6-11(13)18-3/h4-6H,16H2,1-3H3. The van der Waals surface area contributed by atoms with E-state index in [4.69, 9.17) is 10.5 Å². The Morgan fingerprint density at radius 1 is 1.17 bits per heavy atom. The first-order valence-electron chi connectivity index (χ1n) is 5.43. The van der Waals surface area contributed by atoms with Crippen LogP contribution in [0, 0.1) is 13.8 Å². The van der Waals surface area contributed by atoms with Crippen molar-refractivity contribution < 1.29 is 4.74 Å². The number of methoxy groups -OCH3 is 1. The van der Waals surface area contributed by atoms with Crippen molar-refractivity contribution in [2.45, 2.75) is 13.8 Å². The summed E-state index contributed by atoms with van der Waals surface area (Å²) < 4.78 is 9.32. The molecule has 3 nitrogen and oxygen atoms in total. The number of hydrogen-bond acceptors (Lipinski definition) is 2. The topological polar surface area (TPSA) is 40.2 Å². The Morgan fingerprint density at radius 3 is 2.33 bits per heavy atom. The first-order chi connectivity index (χ1) is 8.45. The molecule has 1 heterocycles. The number of anilines is 1. The lowest BCUT2D eigenvalue weighted by Gasteiger charge is -2.16. The summed E-state index contributed by atoms with van der Waals surface area (Å²) in [6, 6.07) is 5.86. The lowest BCUT2D eigenvalue weighted by molar-refractivity contribution is 0.412. The quantitative estimate of drug-likeness (QED) is 0.856. The molecule has 0 saturated heterocycles. The molecule has 0 atom stereocenters. The van der Waals surface area contributed by atoms with Gasteiger partial charge in [0.15, 0.2) is 0 Å². The van der Waals surface area contributed by atoms with E-state index in [-0.39, 0.29) is 0 Å². The molecule has 0 aliphatic heterocycles. The van der Waals surface area contributed by atoms with Gasteiger partial charge in [-0.05, 0) is 53.5 Å². The van der Waals surface area contributed by atoms with Crippen LogP contribution in [0.5, 0.6) is 5.75 Å². The summed E-state index contributed by atoms with van der Waals surface area (Å²) in [4.78, 5) is 0. The van der Waals surface area contributed by atoms with Gasteiger partial charge in [-0.3, -0.25) is 4.57 Å². The molecule has 96 valence electrons. The third kappa shape index (κ3) is 2.17. The molecule has 0 fully saturated rings. The van der Waals surface area contributed by atoms with Gasteiger partial charge in [0.25, 0.3) is 0 Å². The van der Waals surface area contributed by atoms with Crippen LogP contribution >= 0.6 is 31.9 Å². The van der Waals surface area contributed by atoms with Crippen molar-refractivity contribution in [3.05, 3.63) is 38.4 Å². The minimum absolute atomic E-state index is 0.700. The highest BCUT2D eigenvalue weighted by Gasteiger charge is 2.16. The normalized spacial score (nSPS) is 10.7. The second-order valence-corrected chi connectivity index (χ2v) is 5.88. The number of nitrogens with zero attached hydrogens (tertiary/aromatic N) is 1. The van der Waals surface area contributed by atoms with Gasteiger partial charge in [0.1, 0.15) is 17.3 Å². The minimum atomic E-state index is 0.700. The number of halogens is 2. The zero-order chi connectivity index (χ0) is 13.4. The largest absolute Gasteiger partial charge is 0.494 e. The lowest BCUT2D eigenvalue weighted by atomic mass is 10.2. The second kappa shape index (κ2) is 4.97. The van der Waals surface area contributed by atoms with Crippen LogP contribution in [0.1, 0.15) is 11.3 Å². The van der Waals surface area contributed by atoms with Gasteiger partial charge in [-0.25, -0.2) is 0 Å². The maximum atomic E-state index is 6.08. The molecule has 0 radical (unpaired) electrons.